The van der Waals surface area contributed by atoms with E-state index in [-0.39, 0.29) is 4.90 Å². The highest BCUT2D eigenvalue weighted by Gasteiger charge is 2.27. The van der Waals surface area contributed by atoms with Crippen molar-refractivity contribution < 1.29 is 8.42 Å². The number of likely N-dealkylation sites (N-methyl/N-ethyl adjacent to an activating group) is 1. The first-order valence-electron chi connectivity index (χ1n) is 9.36. The zero-order valence-electron chi connectivity index (χ0n) is 16.6. The molecule has 0 atom stereocenters. The Kier molecular flexibility index (Phi) is 7.40. The van der Waals surface area contributed by atoms with E-state index in [0.29, 0.717) is 31.0 Å². The van der Waals surface area contributed by atoms with Gasteiger partial charge in [-0.15, -0.1) is 0 Å². The van der Waals surface area contributed by atoms with E-state index in [9.17, 15) is 8.42 Å². The van der Waals surface area contributed by atoms with Crippen LogP contribution in [0.25, 0.3) is 0 Å². The second-order valence-corrected chi connectivity index (χ2v) is 9.38. The molecular weight excluding hydrogens is 350 g/mol. The van der Waals surface area contributed by atoms with Crippen LogP contribution in [-0.4, -0.2) is 85.9 Å². The second-order valence-electron chi connectivity index (χ2n) is 7.44. The van der Waals surface area contributed by atoms with E-state index in [4.69, 9.17) is 0 Å². The summed E-state index contributed by atoms with van der Waals surface area (Å²) in [7, 11) is -1.44. The van der Waals surface area contributed by atoms with Crippen LogP contribution in [0.3, 0.4) is 0 Å². The maximum absolute atomic E-state index is 12.7. The quantitative estimate of drug-likeness (QED) is 0.735. The molecular formula is C18H33N5O2S. The number of anilines is 1. The van der Waals surface area contributed by atoms with Gasteiger partial charge in [-0.2, -0.15) is 4.31 Å². The standard InChI is InChI=1S/C18H33N5O2S/c1-15(2)23(16(3)4)9-8-19-18-7-6-17(14-20-18)26(24,25)22-12-10-21(5)11-13-22/h6-7,14-16H,8-13H2,1-5H3,(H,19,20). The molecule has 148 valence electrons. The van der Waals surface area contributed by atoms with Crippen LogP contribution in [0.4, 0.5) is 5.82 Å². The van der Waals surface area contributed by atoms with Crippen molar-refractivity contribution in [3.05, 3.63) is 18.3 Å². The predicted molar refractivity (Wildman–Crippen MR) is 106 cm³/mol. The molecule has 1 fully saturated rings. The SMILES string of the molecule is CC(C)N(CCNc1ccc(S(=O)(=O)N2CCN(C)CC2)cn1)C(C)C. The van der Waals surface area contributed by atoms with Crippen LogP contribution >= 0.6 is 0 Å². The van der Waals surface area contributed by atoms with E-state index < -0.39 is 10.0 Å². The molecule has 0 radical (unpaired) electrons. The predicted octanol–water partition coefficient (Wildman–Crippen LogP) is 1.55. The van der Waals surface area contributed by atoms with E-state index in [1.165, 1.54) is 6.20 Å². The topological polar surface area (TPSA) is 68.8 Å². The Morgan fingerprint density at radius 3 is 2.23 bits per heavy atom. The van der Waals surface area contributed by atoms with Gasteiger partial charge in [0.25, 0.3) is 0 Å². The smallest absolute Gasteiger partial charge is 0.244 e. The largest absolute Gasteiger partial charge is 0.369 e. The van der Waals surface area contributed by atoms with Crippen molar-refractivity contribution in [2.75, 3.05) is 51.6 Å². The molecule has 26 heavy (non-hydrogen) atoms. The number of nitrogens with one attached hydrogen (secondary N) is 1. The first-order chi connectivity index (χ1) is 12.2. The summed E-state index contributed by atoms with van der Waals surface area (Å²) in [4.78, 5) is 9.09. The average Bonchev–Trinajstić information content (AvgIpc) is 2.59. The molecule has 0 saturated carbocycles. The van der Waals surface area contributed by atoms with Crippen molar-refractivity contribution in [2.45, 2.75) is 44.7 Å². The zero-order valence-corrected chi connectivity index (χ0v) is 17.5. The minimum Gasteiger partial charge on any atom is -0.369 e. The molecule has 0 amide bonds. The van der Waals surface area contributed by atoms with E-state index >= 15 is 0 Å². The lowest BCUT2D eigenvalue weighted by molar-refractivity contribution is 0.182. The van der Waals surface area contributed by atoms with Crippen LogP contribution in [0.1, 0.15) is 27.7 Å². The van der Waals surface area contributed by atoms with E-state index in [0.717, 1.165) is 26.2 Å². The molecule has 1 aliphatic rings. The molecule has 7 nitrogen and oxygen atoms in total. The molecule has 2 rings (SSSR count). The summed E-state index contributed by atoms with van der Waals surface area (Å²) in [6, 6.07) is 4.37. The van der Waals surface area contributed by atoms with Gasteiger partial charge in [-0.3, -0.25) is 4.90 Å². The maximum atomic E-state index is 12.7. The Bertz CT molecular complexity index is 645. The number of sulfonamides is 1. The van der Waals surface area contributed by atoms with Gasteiger partial charge in [0.1, 0.15) is 10.7 Å². The van der Waals surface area contributed by atoms with Gasteiger partial charge in [-0.25, -0.2) is 13.4 Å². The molecule has 1 N–H and O–H groups in total. The van der Waals surface area contributed by atoms with Crippen molar-refractivity contribution >= 4 is 15.8 Å². The number of aromatic nitrogens is 1. The molecule has 1 aromatic rings. The van der Waals surface area contributed by atoms with Crippen molar-refractivity contribution in [2.24, 2.45) is 0 Å². The monoisotopic (exact) mass is 383 g/mol. The lowest BCUT2D eigenvalue weighted by Gasteiger charge is -2.31. The van der Waals surface area contributed by atoms with Gasteiger partial charge >= 0.3 is 0 Å². The second kappa shape index (κ2) is 9.12. The Morgan fingerprint density at radius 1 is 1.12 bits per heavy atom. The van der Waals surface area contributed by atoms with Gasteiger partial charge in [0.2, 0.25) is 10.0 Å². The summed E-state index contributed by atoms with van der Waals surface area (Å²) < 4.78 is 26.9. The van der Waals surface area contributed by atoms with Crippen LogP contribution in [0, 0.1) is 0 Å². The minimum absolute atomic E-state index is 0.263. The number of hydrogen-bond acceptors (Lipinski definition) is 6. The summed E-state index contributed by atoms with van der Waals surface area (Å²) in [6.07, 6.45) is 1.46. The normalized spacial score (nSPS) is 17.4. The van der Waals surface area contributed by atoms with Crippen molar-refractivity contribution in [3.63, 3.8) is 0 Å². The number of nitrogens with zero attached hydrogens (tertiary/aromatic N) is 4. The molecule has 0 aromatic carbocycles. The van der Waals surface area contributed by atoms with Gasteiger partial charge in [0.05, 0.1) is 0 Å². The molecule has 0 aliphatic carbocycles. The fraction of sp³-hybridized carbons (Fsp3) is 0.722. The van der Waals surface area contributed by atoms with E-state index in [1.807, 2.05) is 7.05 Å². The molecule has 1 aliphatic heterocycles. The minimum atomic E-state index is -3.45. The Morgan fingerprint density at radius 2 is 1.73 bits per heavy atom. The molecule has 1 aromatic heterocycles. The highest BCUT2D eigenvalue weighted by molar-refractivity contribution is 7.89. The third-order valence-corrected chi connectivity index (χ3v) is 6.72. The summed E-state index contributed by atoms with van der Waals surface area (Å²) >= 11 is 0. The van der Waals surface area contributed by atoms with Gasteiger partial charge < -0.3 is 10.2 Å². The summed E-state index contributed by atoms with van der Waals surface area (Å²) in [5.41, 5.74) is 0. The summed E-state index contributed by atoms with van der Waals surface area (Å²) in [5, 5.41) is 3.28. The fourth-order valence-corrected chi connectivity index (χ4v) is 4.61. The highest BCUT2D eigenvalue weighted by atomic mass is 32.2. The lowest BCUT2D eigenvalue weighted by atomic mass is 10.2. The molecule has 8 heteroatoms. The maximum Gasteiger partial charge on any atom is 0.244 e. The first kappa shape index (κ1) is 21.1. The number of piperazine rings is 1. The van der Waals surface area contributed by atoms with Crippen LogP contribution < -0.4 is 5.32 Å². The number of hydrogen-bond donors (Lipinski definition) is 1. The van der Waals surface area contributed by atoms with Gasteiger partial charge in [0.15, 0.2) is 0 Å². The average molecular weight is 384 g/mol. The summed E-state index contributed by atoms with van der Waals surface area (Å²) in [6.45, 7) is 13.0. The molecule has 1 saturated heterocycles. The first-order valence-corrected chi connectivity index (χ1v) is 10.8. The van der Waals surface area contributed by atoms with Crippen molar-refractivity contribution in [3.8, 4) is 0 Å². The molecule has 0 bridgehead atoms. The van der Waals surface area contributed by atoms with E-state index in [1.54, 1.807) is 16.4 Å². The summed E-state index contributed by atoms with van der Waals surface area (Å²) in [5.74, 6) is 0.704. The Labute approximate surface area is 158 Å². The van der Waals surface area contributed by atoms with Crippen LogP contribution in [-0.2, 0) is 10.0 Å². The zero-order chi connectivity index (χ0) is 19.3. The Hall–Kier alpha value is -1.22. The van der Waals surface area contributed by atoms with Crippen molar-refractivity contribution in [1.29, 1.82) is 0 Å². The van der Waals surface area contributed by atoms with Gasteiger partial charge in [-0.05, 0) is 46.9 Å². The highest BCUT2D eigenvalue weighted by Crippen LogP contribution is 2.18. The Balaban J connectivity index is 1.93. The van der Waals surface area contributed by atoms with Gasteiger partial charge in [0, 0.05) is 57.5 Å². The molecule has 2 heterocycles. The molecule has 0 unspecified atom stereocenters. The molecule has 0 spiro atoms. The van der Waals surface area contributed by atoms with Gasteiger partial charge in [-0.1, -0.05) is 0 Å². The number of rotatable bonds is 8. The fourth-order valence-electron chi connectivity index (χ4n) is 3.24. The van der Waals surface area contributed by atoms with Crippen LogP contribution in [0.15, 0.2) is 23.2 Å². The number of pyridine rings is 1. The lowest BCUT2D eigenvalue weighted by Crippen LogP contribution is -2.47. The van der Waals surface area contributed by atoms with Crippen molar-refractivity contribution in [1.82, 2.24) is 19.1 Å². The third kappa shape index (κ3) is 5.39. The van der Waals surface area contributed by atoms with Crippen LogP contribution in [0.2, 0.25) is 0 Å². The van der Waals surface area contributed by atoms with Crippen LogP contribution in [0.5, 0.6) is 0 Å². The van der Waals surface area contributed by atoms with E-state index in [2.05, 4.69) is 47.8 Å². The third-order valence-electron chi connectivity index (χ3n) is 4.84.